The van der Waals surface area contributed by atoms with Crippen LogP contribution in [-0.4, -0.2) is 41.5 Å². The minimum atomic E-state index is -3.59. The van der Waals surface area contributed by atoms with Crippen molar-refractivity contribution in [3.8, 4) is 16.9 Å². The topological polar surface area (TPSA) is 102 Å². The number of benzene rings is 2. The second-order valence-corrected chi connectivity index (χ2v) is 8.66. The normalized spacial score (nSPS) is 11.4. The van der Waals surface area contributed by atoms with E-state index < -0.39 is 10.0 Å². The van der Waals surface area contributed by atoms with E-state index >= 15 is 0 Å². The molecule has 0 unspecified atom stereocenters. The molecular weight excluding hydrogens is 412 g/mol. The number of aromatic nitrogens is 4. The van der Waals surface area contributed by atoms with Gasteiger partial charge in [-0.3, -0.25) is 0 Å². The maximum absolute atomic E-state index is 12.5. The standard InChI is InChI=1S/C22H22N6O2S/c1-17-13-16-28(27-17)22-12-11-21(25-26-22)23-14-15-24-31(29,30)20-9-7-19(8-10-20)18-5-3-2-4-6-18/h2-13,16,24H,14-15H2,1H3,(H,23,25). The zero-order valence-corrected chi connectivity index (χ0v) is 17.7. The molecule has 2 heterocycles. The third-order valence-corrected chi connectivity index (χ3v) is 6.08. The van der Waals surface area contributed by atoms with Gasteiger partial charge in [0.1, 0.15) is 5.82 Å². The molecule has 0 aliphatic heterocycles. The molecule has 0 bridgehead atoms. The number of nitrogens with zero attached hydrogens (tertiary/aromatic N) is 4. The average molecular weight is 435 g/mol. The Bertz CT molecular complexity index is 1240. The van der Waals surface area contributed by atoms with Crippen molar-refractivity contribution >= 4 is 15.8 Å². The Hall–Kier alpha value is -3.56. The first-order valence-electron chi connectivity index (χ1n) is 9.77. The summed E-state index contributed by atoms with van der Waals surface area (Å²) >= 11 is 0. The molecule has 9 heteroatoms. The summed E-state index contributed by atoms with van der Waals surface area (Å²) in [4.78, 5) is 0.228. The van der Waals surface area contributed by atoms with Crippen molar-refractivity contribution in [3.05, 3.63) is 84.7 Å². The van der Waals surface area contributed by atoms with Gasteiger partial charge in [-0.25, -0.2) is 17.8 Å². The molecule has 2 N–H and O–H groups in total. The third kappa shape index (κ3) is 5.14. The molecule has 0 radical (unpaired) electrons. The van der Waals surface area contributed by atoms with E-state index in [1.165, 1.54) is 0 Å². The average Bonchev–Trinajstić information content (AvgIpc) is 3.24. The Labute approximate surface area is 181 Å². The highest BCUT2D eigenvalue weighted by Crippen LogP contribution is 2.20. The molecule has 4 rings (SSSR count). The fourth-order valence-corrected chi connectivity index (χ4v) is 4.03. The van der Waals surface area contributed by atoms with Crippen molar-refractivity contribution in [3.63, 3.8) is 0 Å². The molecule has 0 saturated heterocycles. The minimum Gasteiger partial charge on any atom is -0.367 e. The van der Waals surface area contributed by atoms with Gasteiger partial charge in [0, 0.05) is 19.3 Å². The smallest absolute Gasteiger partial charge is 0.240 e. The van der Waals surface area contributed by atoms with Gasteiger partial charge >= 0.3 is 0 Å². The largest absolute Gasteiger partial charge is 0.367 e. The van der Waals surface area contributed by atoms with Crippen molar-refractivity contribution in [2.45, 2.75) is 11.8 Å². The van der Waals surface area contributed by atoms with E-state index in [9.17, 15) is 8.42 Å². The molecule has 0 spiro atoms. The SMILES string of the molecule is Cc1ccn(-c2ccc(NCCNS(=O)(=O)c3ccc(-c4ccccc4)cc3)nn2)n1. The van der Waals surface area contributed by atoms with Crippen molar-refractivity contribution in [1.82, 2.24) is 24.7 Å². The summed E-state index contributed by atoms with van der Waals surface area (Å²) < 4.78 is 29.3. The van der Waals surface area contributed by atoms with E-state index in [-0.39, 0.29) is 11.4 Å². The lowest BCUT2D eigenvalue weighted by molar-refractivity contribution is 0.583. The first-order chi connectivity index (χ1) is 15.0. The number of aryl methyl sites for hydroxylation is 1. The third-order valence-electron chi connectivity index (χ3n) is 4.60. The number of sulfonamides is 1. The Balaban J connectivity index is 1.30. The Morgan fingerprint density at radius 3 is 2.23 bits per heavy atom. The molecule has 2 aromatic carbocycles. The molecule has 0 saturated carbocycles. The molecule has 0 fully saturated rings. The second-order valence-electron chi connectivity index (χ2n) is 6.89. The van der Waals surface area contributed by atoms with Gasteiger partial charge in [0.15, 0.2) is 5.82 Å². The lowest BCUT2D eigenvalue weighted by Crippen LogP contribution is -2.29. The van der Waals surface area contributed by atoms with Crippen LogP contribution in [0.25, 0.3) is 16.9 Å². The fourth-order valence-electron chi connectivity index (χ4n) is 3.00. The van der Waals surface area contributed by atoms with E-state index in [1.54, 1.807) is 41.1 Å². The molecule has 0 aliphatic rings. The van der Waals surface area contributed by atoms with Crippen molar-refractivity contribution < 1.29 is 8.42 Å². The molecule has 8 nitrogen and oxygen atoms in total. The van der Waals surface area contributed by atoms with Gasteiger partial charge in [0.25, 0.3) is 0 Å². The van der Waals surface area contributed by atoms with E-state index in [2.05, 4.69) is 25.3 Å². The van der Waals surface area contributed by atoms with Crippen molar-refractivity contribution in [2.24, 2.45) is 0 Å². The van der Waals surface area contributed by atoms with Crippen LogP contribution in [-0.2, 0) is 10.0 Å². The fraction of sp³-hybridized carbons (Fsp3) is 0.136. The molecule has 0 aliphatic carbocycles. The van der Waals surface area contributed by atoms with Gasteiger partial charge in [0.05, 0.1) is 10.6 Å². The molecule has 4 aromatic rings. The maximum atomic E-state index is 12.5. The first kappa shape index (κ1) is 20.7. The Morgan fingerprint density at radius 1 is 0.839 bits per heavy atom. The summed E-state index contributed by atoms with van der Waals surface area (Å²) in [5.41, 5.74) is 2.90. The summed E-state index contributed by atoms with van der Waals surface area (Å²) in [6.45, 7) is 2.49. The van der Waals surface area contributed by atoms with Crippen LogP contribution in [0.15, 0.2) is 83.9 Å². The predicted molar refractivity (Wildman–Crippen MR) is 119 cm³/mol. The quantitative estimate of drug-likeness (QED) is 0.413. The Kier molecular flexibility index (Phi) is 6.06. The number of anilines is 1. The number of nitrogens with one attached hydrogen (secondary N) is 2. The van der Waals surface area contributed by atoms with Crippen LogP contribution < -0.4 is 10.0 Å². The van der Waals surface area contributed by atoms with Crippen LogP contribution in [0.3, 0.4) is 0 Å². The monoisotopic (exact) mass is 434 g/mol. The van der Waals surface area contributed by atoms with Crippen LogP contribution >= 0.6 is 0 Å². The van der Waals surface area contributed by atoms with Gasteiger partial charge < -0.3 is 5.32 Å². The van der Waals surface area contributed by atoms with E-state index in [4.69, 9.17) is 0 Å². The predicted octanol–water partition coefficient (Wildman–Crippen LogP) is 3.03. The molecule has 31 heavy (non-hydrogen) atoms. The van der Waals surface area contributed by atoms with E-state index in [1.807, 2.05) is 49.5 Å². The highest BCUT2D eigenvalue weighted by atomic mass is 32.2. The lowest BCUT2D eigenvalue weighted by atomic mass is 10.1. The maximum Gasteiger partial charge on any atom is 0.240 e. The van der Waals surface area contributed by atoms with Crippen LogP contribution in [0.1, 0.15) is 5.69 Å². The van der Waals surface area contributed by atoms with Gasteiger partial charge in [0.2, 0.25) is 10.0 Å². The molecule has 0 amide bonds. The highest BCUT2D eigenvalue weighted by molar-refractivity contribution is 7.89. The van der Waals surface area contributed by atoms with Crippen molar-refractivity contribution in [2.75, 3.05) is 18.4 Å². The van der Waals surface area contributed by atoms with Crippen LogP contribution in [0.2, 0.25) is 0 Å². The summed E-state index contributed by atoms with van der Waals surface area (Å²) in [6.07, 6.45) is 1.81. The highest BCUT2D eigenvalue weighted by Gasteiger charge is 2.13. The Morgan fingerprint density at radius 2 is 1.58 bits per heavy atom. The molecule has 158 valence electrons. The molecular formula is C22H22N6O2S. The summed E-state index contributed by atoms with van der Waals surface area (Å²) in [5.74, 6) is 1.16. The van der Waals surface area contributed by atoms with Gasteiger partial charge in [-0.2, -0.15) is 5.10 Å². The summed E-state index contributed by atoms with van der Waals surface area (Å²) in [6, 6.07) is 22.1. The van der Waals surface area contributed by atoms with E-state index in [0.29, 0.717) is 18.2 Å². The zero-order chi connectivity index (χ0) is 21.7. The van der Waals surface area contributed by atoms with Gasteiger partial charge in [-0.15, -0.1) is 10.2 Å². The number of hydrogen-bond acceptors (Lipinski definition) is 6. The summed E-state index contributed by atoms with van der Waals surface area (Å²) in [5, 5.41) is 15.6. The van der Waals surface area contributed by atoms with Gasteiger partial charge in [-0.1, -0.05) is 42.5 Å². The van der Waals surface area contributed by atoms with Crippen LogP contribution in [0, 0.1) is 6.92 Å². The summed E-state index contributed by atoms with van der Waals surface area (Å²) in [7, 11) is -3.59. The first-order valence-corrected chi connectivity index (χ1v) is 11.2. The van der Waals surface area contributed by atoms with Crippen LogP contribution in [0.4, 0.5) is 5.82 Å². The number of rotatable bonds is 8. The van der Waals surface area contributed by atoms with Crippen LogP contribution in [0.5, 0.6) is 0 Å². The van der Waals surface area contributed by atoms with E-state index in [0.717, 1.165) is 16.8 Å². The van der Waals surface area contributed by atoms with Crippen molar-refractivity contribution in [1.29, 1.82) is 0 Å². The second kappa shape index (κ2) is 9.07. The number of hydrogen-bond donors (Lipinski definition) is 2. The van der Waals surface area contributed by atoms with Gasteiger partial charge in [-0.05, 0) is 48.4 Å². The lowest BCUT2D eigenvalue weighted by Gasteiger charge is -2.09. The molecule has 0 atom stereocenters. The zero-order valence-electron chi connectivity index (χ0n) is 16.9. The minimum absolute atomic E-state index is 0.213. The molecule has 2 aromatic heterocycles.